The molecule has 1 N–H and O–H groups in total. The summed E-state index contributed by atoms with van der Waals surface area (Å²) in [4.78, 5) is 2.44. The summed E-state index contributed by atoms with van der Waals surface area (Å²) in [6.45, 7) is 5.89. The largest absolute Gasteiger partial charge is 0.396 e. The fourth-order valence-electron chi connectivity index (χ4n) is 2.05. The molecule has 0 fully saturated rings. The third-order valence-corrected chi connectivity index (χ3v) is 3.53. The molecule has 0 atom stereocenters. The average molecular weight is 261 g/mol. The van der Waals surface area contributed by atoms with Crippen LogP contribution in [0, 0.1) is 0 Å². The first-order valence-electron chi connectivity index (χ1n) is 7.29. The van der Waals surface area contributed by atoms with E-state index in [2.05, 4.69) is 24.5 Å². The van der Waals surface area contributed by atoms with Crippen molar-refractivity contribution < 1.29 is 5.11 Å². The fourth-order valence-corrected chi connectivity index (χ4v) is 2.28. The molecule has 0 saturated carbocycles. The average Bonchev–Trinajstić information content (AvgIpc) is 2.36. The molecule has 0 saturated heterocycles. The number of hydrogen-bond acceptors (Lipinski definition) is 3. The number of rotatable bonds is 13. The molecule has 0 heterocycles. The lowest BCUT2D eigenvalue weighted by molar-refractivity contribution is 0.227. The van der Waals surface area contributed by atoms with Gasteiger partial charge in [-0.3, -0.25) is 0 Å². The van der Waals surface area contributed by atoms with Crippen LogP contribution in [0.15, 0.2) is 0 Å². The normalized spacial score (nSPS) is 11.3. The van der Waals surface area contributed by atoms with Gasteiger partial charge in [0.25, 0.3) is 0 Å². The minimum absolute atomic E-state index is 0.321. The van der Waals surface area contributed by atoms with Gasteiger partial charge in [-0.25, -0.2) is 0 Å². The van der Waals surface area contributed by atoms with E-state index in [9.17, 15) is 0 Å². The van der Waals surface area contributed by atoms with E-state index in [0.29, 0.717) is 6.61 Å². The molecule has 2 nitrogen and oxygen atoms in total. The van der Waals surface area contributed by atoms with Gasteiger partial charge in [0.2, 0.25) is 0 Å². The third kappa shape index (κ3) is 12.5. The highest BCUT2D eigenvalue weighted by Gasteiger charge is 2.00. The standard InChI is InChI=1S/C14H31NOS/c1-2-15(12-10-13-16)11-8-6-4-3-5-7-9-14-17/h16-17H,2-14H2,1H3. The molecule has 0 aliphatic heterocycles. The van der Waals surface area contributed by atoms with E-state index in [4.69, 9.17) is 5.11 Å². The van der Waals surface area contributed by atoms with Crippen molar-refractivity contribution in [3.05, 3.63) is 0 Å². The van der Waals surface area contributed by atoms with Gasteiger partial charge in [-0.1, -0.05) is 39.0 Å². The molecule has 0 unspecified atom stereocenters. The Balaban J connectivity index is 3.19. The highest BCUT2D eigenvalue weighted by molar-refractivity contribution is 7.80. The van der Waals surface area contributed by atoms with Crippen LogP contribution in [0.1, 0.15) is 58.3 Å². The summed E-state index contributed by atoms with van der Waals surface area (Å²) in [5, 5.41) is 8.79. The minimum Gasteiger partial charge on any atom is -0.396 e. The van der Waals surface area contributed by atoms with Crippen LogP contribution in [-0.2, 0) is 0 Å². The SMILES string of the molecule is CCN(CCCO)CCCCCCCCCS. The van der Waals surface area contributed by atoms with Crippen molar-refractivity contribution >= 4 is 12.6 Å². The molecule has 0 aromatic rings. The van der Waals surface area contributed by atoms with Gasteiger partial charge in [0.05, 0.1) is 0 Å². The molecule has 0 aliphatic rings. The summed E-state index contributed by atoms with van der Waals surface area (Å²) < 4.78 is 0. The van der Waals surface area contributed by atoms with Crippen LogP contribution in [0.3, 0.4) is 0 Å². The molecule has 0 rings (SSSR count). The van der Waals surface area contributed by atoms with Crippen LogP contribution in [0.2, 0.25) is 0 Å². The van der Waals surface area contributed by atoms with E-state index < -0.39 is 0 Å². The number of aliphatic hydroxyl groups excluding tert-OH is 1. The van der Waals surface area contributed by atoms with Gasteiger partial charge in [-0.15, -0.1) is 0 Å². The van der Waals surface area contributed by atoms with Crippen LogP contribution in [0.25, 0.3) is 0 Å². The monoisotopic (exact) mass is 261 g/mol. The van der Waals surface area contributed by atoms with E-state index in [1.54, 1.807) is 0 Å². The van der Waals surface area contributed by atoms with E-state index in [-0.39, 0.29) is 0 Å². The zero-order valence-electron chi connectivity index (χ0n) is 11.5. The summed E-state index contributed by atoms with van der Waals surface area (Å²) in [7, 11) is 0. The number of hydrogen-bond donors (Lipinski definition) is 2. The predicted molar refractivity (Wildman–Crippen MR) is 80.0 cm³/mol. The maximum absolute atomic E-state index is 8.79. The van der Waals surface area contributed by atoms with Crippen molar-refractivity contribution in [3.8, 4) is 0 Å². The Morgan fingerprint density at radius 3 is 1.88 bits per heavy atom. The lowest BCUT2D eigenvalue weighted by Crippen LogP contribution is -2.26. The van der Waals surface area contributed by atoms with Gasteiger partial charge in [-0.05, 0) is 38.1 Å². The molecule has 17 heavy (non-hydrogen) atoms. The van der Waals surface area contributed by atoms with Crippen molar-refractivity contribution in [2.24, 2.45) is 0 Å². The number of nitrogens with zero attached hydrogens (tertiary/aromatic N) is 1. The van der Waals surface area contributed by atoms with Gasteiger partial charge in [0.15, 0.2) is 0 Å². The summed E-state index contributed by atoms with van der Waals surface area (Å²) in [6, 6.07) is 0. The summed E-state index contributed by atoms with van der Waals surface area (Å²) >= 11 is 4.22. The second-order valence-electron chi connectivity index (χ2n) is 4.71. The molecule has 0 amide bonds. The Morgan fingerprint density at radius 1 is 0.824 bits per heavy atom. The highest BCUT2D eigenvalue weighted by atomic mass is 32.1. The molecule has 0 bridgehead atoms. The summed E-state index contributed by atoms with van der Waals surface area (Å²) in [6.07, 6.45) is 10.3. The van der Waals surface area contributed by atoms with Crippen molar-refractivity contribution in [1.82, 2.24) is 4.90 Å². The van der Waals surface area contributed by atoms with E-state index in [1.165, 1.54) is 51.5 Å². The molecular weight excluding hydrogens is 230 g/mol. The number of unbranched alkanes of at least 4 members (excludes halogenated alkanes) is 6. The maximum atomic E-state index is 8.79. The first kappa shape index (κ1) is 17.3. The van der Waals surface area contributed by atoms with Crippen LogP contribution >= 0.6 is 12.6 Å². The van der Waals surface area contributed by atoms with Gasteiger partial charge in [-0.2, -0.15) is 12.6 Å². The zero-order valence-corrected chi connectivity index (χ0v) is 12.4. The van der Waals surface area contributed by atoms with E-state index >= 15 is 0 Å². The first-order valence-corrected chi connectivity index (χ1v) is 7.92. The second kappa shape index (κ2) is 14.3. The van der Waals surface area contributed by atoms with Crippen LogP contribution in [0.4, 0.5) is 0 Å². The van der Waals surface area contributed by atoms with Gasteiger partial charge in [0.1, 0.15) is 0 Å². The van der Waals surface area contributed by atoms with Gasteiger partial charge < -0.3 is 10.0 Å². The Kier molecular flexibility index (Phi) is 14.6. The Labute approximate surface area is 113 Å². The van der Waals surface area contributed by atoms with Crippen molar-refractivity contribution in [2.75, 3.05) is 32.0 Å². The predicted octanol–water partition coefficient (Wildman–Crippen LogP) is 3.35. The topological polar surface area (TPSA) is 23.5 Å². The van der Waals surface area contributed by atoms with Gasteiger partial charge in [0, 0.05) is 13.2 Å². The molecule has 0 aliphatic carbocycles. The Bertz CT molecular complexity index is 144. The van der Waals surface area contributed by atoms with Crippen LogP contribution in [-0.4, -0.2) is 42.0 Å². The lowest BCUT2D eigenvalue weighted by atomic mass is 10.1. The van der Waals surface area contributed by atoms with E-state index in [1.807, 2.05) is 0 Å². The molecule has 0 radical (unpaired) electrons. The molecule has 3 heteroatoms. The summed E-state index contributed by atoms with van der Waals surface area (Å²) in [5.41, 5.74) is 0. The lowest BCUT2D eigenvalue weighted by Gasteiger charge is -2.19. The third-order valence-electron chi connectivity index (χ3n) is 3.21. The van der Waals surface area contributed by atoms with E-state index in [0.717, 1.165) is 25.3 Å². The Morgan fingerprint density at radius 2 is 1.35 bits per heavy atom. The number of thiol groups is 1. The van der Waals surface area contributed by atoms with Crippen LogP contribution < -0.4 is 0 Å². The first-order chi connectivity index (χ1) is 8.35. The number of aliphatic hydroxyl groups is 1. The molecule has 0 aromatic heterocycles. The highest BCUT2D eigenvalue weighted by Crippen LogP contribution is 2.08. The zero-order chi connectivity index (χ0) is 12.8. The Hall–Kier alpha value is 0.270. The quantitative estimate of drug-likeness (QED) is 0.392. The van der Waals surface area contributed by atoms with Crippen molar-refractivity contribution in [2.45, 2.75) is 58.3 Å². The minimum atomic E-state index is 0.321. The van der Waals surface area contributed by atoms with Crippen molar-refractivity contribution in [1.29, 1.82) is 0 Å². The smallest absolute Gasteiger partial charge is 0.0443 e. The maximum Gasteiger partial charge on any atom is 0.0443 e. The molecule has 0 spiro atoms. The fraction of sp³-hybridized carbons (Fsp3) is 1.00. The van der Waals surface area contributed by atoms with Crippen LogP contribution in [0.5, 0.6) is 0 Å². The summed E-state index contributed by atoms with van der Waals surface area (Å²) in [5.74, 6) is 1.04. The molecule has 104 valence electrons. The van der Waals surface area contributed by atoms with Crippen molar-refractivity contribution in [3.63, 3.8) is 0 Å². The second-order valence-corrected chi connectivity index (χ2v) is 5.16. The molecular formula is C14H31NOS. The van der Waals surface area contributed by atoms with Gasteiger partial charge >= 0.3 is 0 Å². The molecule has 0 aromatic carbocycles.